The van der Waals surface area contributed by atoms with Gasteiger partial charge in [0, 0.05) is 5.92 Å². The molecule has 1 atom stereocenters. The normalized spacial score (nSPS) is 16.4. The maximum absolute atomic E-state index is 12.6. The maximum atomic E-state index is 12.6. The fourth-order valence-corrected chi connectivity index (χ4v) is 3.72. The number of nitrogens with one attached hydrogen (secondary N) is 1. The highest BCUT2D eigenvalue weighted by atomic mass is 19.1. The van der Waals surface area contributed by atoms with Crippen molar-refractivity contribution in [2.45, 2.75) is 18.8 Å². The Morgan fingerprint density at radius 3 is 2.48 bits per heavy atom. The summed E-state index contributed by atoms with van der Waals surface area (Å²) in [6.07, 6.45) is 2.29. The van der Waals surface area contributed by atoms with Crippen LogP contribution in [-0.2, 0) is 0 Å². The van der Waals surface area contributed by atoms with Gasteiger partial charge >= 0.3 is 0 Å². The average molecular weight is 343 g/mol. The fraction of sp³-hybridized carbons (Fsp3) is 0.429. The molecule has 1 unspecified atom stereocenters. The summed E-state index contributed by atoms with van der Waals surface area (Å²) in [5.74, 6) is 2.15. The summed E-state index contributed by atoms with van der Waals surface area (Å²) in [6, 6.07) is 16.7. The molecule has 1 fully saturated rings. The van der Waals surface area contributed by atoms with Crippen LogP contribution in [0.1, 0.15) is 29.9 Å². The molecule has 1 heterocycles. The minimum Gasteiger partial charge on any atom is -0.493 e. The molecule has 0 bridgehead atoms. The maximum Gasteiger partial charge on any atom is 0.161 e. The van der Waals surface area contributed by atoms with Crippen LogP contribution >= 0.6 is 0 Å². The van der Waals surface area contributed by atoms with Crippen LogP contribution < -0.4 is 14.8 Å². The summed E-state index contributed by atoms with van der Waals surface area (Å²) in [4.78, 5) is 0. The van der Waals surface area contributed by atoms with Crippen LogP contribution in [0, 0.1) is 5.92 Å². The molecule has 1 aliphatic heterocycles. The first-order valence-corrected chi connectivity index (χ1v) is 8.96. The number of piperidine rings is 1. The molecule has 0 saturated carbocycles. The second-order valence-corrected chi connectivity index (χ2v) is 6.42. The molecule has 3 rings (SSSR count). The lowest BCUT2D eigenvalue weighted by molar-refractivity contribution is 0.259. The molecule has 3 nitrogen and oxygen atoms in total. The largest absolute Gasteiger partial charge is 0.493 e. The van der Waals surface area contributed by atoms with Gasteiger partial charge in [-0.05, 0) is 55.1 Å². The van der Waals surface area contributed by atoms with Crippen molar-refractivity contribution in [1.82, 2.24) is 5.32 Å². The first-order valence-electron chi connectivity index (χ1n) is 8.96. The second kappa shape index (κ2) is 8.86. The second-order valence-electron chi connectivity index (χ2n) is 6.42. The Kier molecular flexibility index (Phi) is 6.29. The number of rotatable bonds is 7. The molecule has 134 valence electrons. The number of benzene rings is 2. The van der Waals surface area contributed by atoms with Crippen LogP contribution in [0.4, 0.5) is 4.39 Å². The van der Waals surface area contributed by atoms with E-state index < -0.39 is 6.67 Å². The van der Waals surface area contributed by atoms with Gasteiger partial charge in [-0.25, -0.2) is 4.39 Å². The molecular weight excluding hydrogens is 317 g/mol. The van der Waals surface area contributed by atoms with E-state index >= 15 is 0 Å². The first-order chi connectivity index (χ1) is 12.3. The van der Waals surface area contributed by atoms with Gasteiger partial charge in [-0.15, -0.1) is 0 Å². The van der Waals surface area contributed by atoms with E-state index in [4.69, 9.17) is 9.47 Å². The van der Waals surface area contributed by atoms with E-state index in [1.807, 2.05) is 18.2 Å². The lowest BCUT2D eigenvalue weighted by Crippen LogP contribution is -2.31. The number of alkyl halides is 1. The van der Waals surface area contributed by atoms with E-state index in [9.17, 15) is 4.39 Å². The molecule has 4 heteroatoms. The summed E-state index contributed by atoms with van der Waals surface area (Å²) in [5.41, 5.74) is 2.52. The Morgan fingerprint density at radius 2 is 1.80 bits per heavy atom. The monoisotopic (exact) mass is 343 g/mol. The summed E-state index contributed by atoms with van der Waals surface area (Å²) >= 11 is 0. The van der Waals surface area contributed by atoms with Crippen molar-refractivity contribution in [2.24, 2.45) is 5.92 Å². The van der Waals surface area contributed by atoms with E-state index in [1.54, 1.807) is 7.11 Å². The molecule has 2 aromatic rings. The number of halogens is 1. The van der Waals surface area contributed by atoms with Crippen LogP contribution in [0.15, 0.2) is 48.5 Å². The third-order valence-corrected chi connectivity index (χ3v) is 4.90. The van der Waals surface area contributed by atoms with Gasteiger partial charge in [-0.3, -0.25) is 0 Å². The summed E-state index contributed by atoms with van der Waals surface area (Å²) in [5, 5.41) is 3.44. The molecule has 2 aromatic carbocycles. The van der Waals surface area contributed by atoms with Gasteiger partial charge in [0.2, 0.25) is 0 Å². The SMILES string of the molecule is COc1ccc(C(c2ccccc2)C2CCNCC2)cc1OCCF. The predicted octanol–water partition coefficient (Wildman–Crippen LogP) is 4.18. The zero-order chi connectivity index (χ0) is 17.5. The van der Waals surface area contributed by atoms with Crippen LogP contribution in [-0.4, -0.2) is 33.5 Å². The van der Waals surface area contributed by atoms with E-state index in [-0.39, 0.29) is 6.61 Å². The Balaban J connectivity index is 1.97. The molecular formula is C21H26FNO2. The van der Waals surface area contributed by atoms with Gasteiger partial charge in [-0.1, -0.05) is 36.4 Å². The molecule has 25 heavy (non-hydrogen) atoms. The highest BCUT2D eigenvalue weighted by Gasteiger charge is 2.27. The zero-order valence-corrected chi connectivity index (χ0v) is 14.7. The Labute approximate surface area is 149 Å². The molecule has 1 saturated heterocycles. The van der Waals surface area contributed by atoms with E-state index in [2.05, 4.69) is 35.6 Å². The molecule has 0 aromatic heterocycles. The predicted molar refractivity (Wildman–Crippen MR) is 98.3 cm³/mol. The number of hydrogen-bond acceptors (Lipinski definition) is 3. The zero-order valence-electron chi connectivity index (χ0n) is 14.7. The van der Waals surface area contributed by atoms with Crippen molar-refractivity contribution < 1.29 is 13.9 Å². The Bertz CT molecular complexity index is 656. The summed E-state index contributed by atoms with van der Waals surface area (Å²) < 4.78 is 23.5. The van der Waals surface area contributed by atoms with Gasteiger partial charge in [-0.2, -0.15) is 0 Å². The summed E-state index contributed by atoms with van der Waals surface area (Å²) in [6.45, 7) is 1.64. The number of hydrogen-bond donors (Lipinski definition) is 1. The van der Waals surface area contributed by atoms with Crippen molar-refractivity contribution >= 4 is 0 Å². The summed E-state index contributed by atoms with van der Waals surface area (Å²) in [7, 11) is 1.61. The quantitative estimate of drug-likeness (QED) is 0.818. The Morgan fingerprint density at radius 1 is 1.04 bits per heavy atom. The molecule has 0 amide bonds. The topological polar surface area (TPSA) is 30.5 Å². The first kappa shape index (κ1) is 17.7. The van der Waals surface area contributed by atoms with Gasteiger partial charge in [0.05, 0.1) is 7.11 Å². The van der Waals surface area contributed by atoms with Gasteiger partial charge < -0.3 is 14.8 Å². The number of methoxy groups -OCH3 is 1. The van der Waals surface area contributed by atoms with Crippen molar-refractivity contribution in [3.8, 4) is 11.5 Å². The van der Waals surface area contributed by atoms with Gasteiger partial charge in [0.25, 0.3) is 0 Å². The molecule has 0 spiro atoms. The average Bonchev–Trinajstić information content (AvgIpc) is 2.68. The van der Waals surface area contributed by atoms with Crippen molar-refractivity contribution in [3.05, 3.63) is 59.7 Å². The standard InChI is InChI=1S/C21H26FNO2/c1-24-19-8-7-18(15-20(19)25-14-11-22)21(16-5-3-2-4-6-16)17-9-12-23-13-10-17/h2-8,15,17,21,23H,9-14H2,1H3. The van der Waals surface area contributed by atoms with Crippen molar-refractivity contribution in [2.75, 3.05) is 33.5 Å². The van der Waals surface area contributed by atoms with Crippen LogP contribution in [0.5, 0.6) is 11.5 Å². The van der Waals surface area contributed by atoms with Crippen molar-refractivity contribution in [3.63, 3.8) is 0 Å². The van der Waals surface area contributed by atoms with Gasteiger partial charge in [0.1, 0.15) is 13.3 Å². The van der Waals surface area contributed by atoms with E-state index in [1.165, 1.54) is 11.1 Å². The number of ether oxygens (including phenoxy) is 2. The smallest absolute Gasteiger partial charge is 0.161 e. The third kappa shape index (κ3) is 4.31. The highest BCUT2D eigenvalue weighted by molar-refractivity contribution is 5.46. The minimum atomic E-state index is -0.510. The molecule has 0 radical (unpaired) electrons. The van der Waals surface area contributed by atoms with Gasteiger partial charge in [0.15, 0.2) is 11.5 Å². The Hall–Kier alpha value is -2.07. The highest BCUT2D eigenvalue weighted by Crippen LogP contribution is 2.40. The lowest BCUT2D eigenvalue weighted by atomic mass is 9.76. The third-order valence-electron chi connectivity index (χ3n) is 4.90. The minimum absolute atomic E-state index is 0.0448. The lowest BCUT2D eigenvalue weighted by Gasteiger charge is -2.32. The van der Waals surface area contributed by atoms with Crippen molar-refractivity contribution in [1.29, 1.82) is 0 Å². The van der Waals surface area contributed by atoms with E-state index in [0.29, 0.717) is 23.3 Å². The molecule has 1 N–H and O–H groups in total. The van der Waals surface area contributed by atoms with Crippen LogP contribution in [0.25, 0.3) is 0 Å². The molecule has 0 aliphatic carbocycles. The fourth-order valence-electron chi connectivity index (χ4n) is 3.72. The van der Waals surface area contributed by atoms with Crippen LogP contribution in [0.3, 0.4) is 0 Å². The molecule has 1 aliphatic rings. The van der Waals surface area contributed by atoms with Crippen LogP contribution in [0.2, 0.25) is 0 Å². The van der Waals surface area contributed by atoms with E-state index in [0.717, 1.165) is 25.9 Å².